The zero-order chi connectivity index (χ0) is 11.7. The van der Waals surface area contributed by atoms with Crippen LogP contribution in [-0.2, 0) is 0 Å². The van der Waals surface area contributed by atoms with E-state index >= 15 is 0 Å². The Kier molecular flexibility index (Phi) is 3.70. The Morgan fingerprint density at radius 1 is 1.25 bits per heavy atom. The molecule has 1 unspecified atom stereocenters. The summed E-state index contributed by atoms with van der Waals surface area (Å²) in [5, 5.41) is 3.36. The molecule has 1 atom stereocenters. The van der Waals surface area contributed by atoms with E-state index in [1.165, 1.54) is 20.2 Å². The van der Waals surface area contributed by atoms with Gasteiger partial charge >= 0.3 is 0 Å². The predicted octanol–water partition coefficient (Wildman–Crippen LogP) is 4.39. The molecule has 16 heavy (non-hydrogen) atoms. The van der Waals surface area contributed by atoms with Crippen LogP contribution in [0, 0.1) is 13.8 Å². The zero-order valence-corrected chi connectivity index (χ0v) is 11.9. The van der Waals surface area contributed by atoms with Crippen molar-refractivity contribution in [3.8, 4) is 0 Å². The van der Waals surface area contributed by atoms with Gasteiger partial charge in [-0.2, -0.15) is 0 Å². The average molecular weight is 272 g/mol. The monoisotopic (exact) mass is 271 g/mol. The van der Waals surface area contributed by atoms with Gasteiger partial charge in [-0.3, -0.25) is 0 Å². The third-order valence-corrected chi connectivity index (χ3v) is 4.84. The first-order valence-corrected chi connectivity index (χ1v) is 7.12. The fraction of sp³-hybridized carbons (Fsp3) is 0.333. The normalized spacial score (nSPS) is 13.0. The van der Waals surface area contributed by atoms with Gasteiger partial charge in [-0.25, -0.2) is 0 Å². The predicted molar refractivity (Wildman–Crippen MR) is 74.0 cm³/mol. The van der Waals surface area contributed by atoms with Gasteiger partial charge in [0.15, 0.2) is 0 Å². The van der Waals surface area contributed by atoms with Crippen molar-refractivity contribution in [3.63, 3.8) is 0 Å². The molecule has 0 aromatic carbocycles. The summed E-state index contributed by atoms with van der Waals surface area (Å²) in [6, 6.07) is 6.58. The Bertz CT molecular complexity index is 487. The molecule has 0 aliphatic rings. The fourth-order valence-electron chi connectivity index (χ4n) is 1.87. The Labute approximate surface area is 109 Å². The zero-order valence-electron chi connectivity index (χ0n) is 9.50. The van der Waals surface area contributed by atoms with E-state index in [0.717, 1.165) is 4.34 Å². The van der Waals surface area contributed by atoms with Crippen molar-refractivity contribution in [1.29, 1.82) is 0 Å². The van der Waals surface area contributed by atoms with E-state index < -0.39 is 0 Å². The summed E-state index contributed by atoms with van der Waals surface area (Å²) in [4.78, 5) is 4.00. The molecule has 0 aliphatic heterocycles. The van der Waals surface area contributed by atoms with Gasteiger partial charge in [-0.1, -0.05) is 11.6 Å². The van der Waals surface area contributed by atoms with E-state index in [9.17, 15) is 0 Å². The lowest BCUT2D eigenvalue weighted by Crippen LogP contribution is -2.16. The Morgan fingerprint density at radius 3 is 2.44 bits per heavy atom. The van der Waals surface area contributed by atoms with Crippen LogP contribution in [0.3, 0.4) is 0 Å². The molecule has 0 amide bonds. The molecule has 2 rings (SSSR count). The van der Waals surface area contributed by atoms with Gasteiger partial charge in [0, 0.05) is 14.6 Å². The summed E-state index contributed by atoms with van der Waals surface area (Å²) >= 11 is 9.47. The number of halogens is 1. The second-order valence-electron chi connectivity index (χ2n) is 3.73. The number of aryl methyl sites for hydroxylation is 2. The first kappa shape index (κ1) is 12.1. The minimum absolute atomic E-state index is 0.266. The molecule has 0 saturated carbocycles. The Balaban J connectivity index is 2.40. The van der Waals surface area contributed by atoms with E-state index in [2.05, 4.69) is 31.3 Å². The van der Waals surface area contributed by atoms with Crippen LogP contribution in [-0.4, -0.2) is 7.05 Å². The highest BCUT2D eigenvalue weighted by Gasteiger charge is 2.17. The molecule has 0 saturated heterocycles. The number of rotatable bonds is 3. The molecule has 0 bridgehead atoms. The minimum Gasteiger partial charge on any atom is -0.309 e. The van der Waals surface area contributed by atoms with Crippen LogP contribution in [0.1, 0.15) is 26.2 Å². The SMILES string of the molecule is CNC(c1ccc(Cl)s1)c1cc(C)sc1C. The Hall–Kier alpha value is -0.350. The summed E-state index contributed by atoms with van der Waals surface area (Å²) in [5.41, 5.74) is 1.36. The maximum Gasteiger partial charge on any atom is 0.0931 e. The number of hydrogen-bond donors (Lipinski definition) is 1. The van der Waals surface area contributed by atoms with E-state index in [0.29, 0.717) is 0 Å². The fourth-order valence-corrected chi connectivity index (χ4v) is 4.03. The van der Waals surface area contributed by atoms with Crippen LogP contribution in [0.15, 0.2) is 18.2 Å². The van der Waals surface area contributed by atoms with Crippen molar-refractivity contribution >= 4 is 34.3 Å². The average Bonchev–Trinajstić information content (AvgIpc) is 2.76. The highest BCUT2D eigenvalue weighted by Crippen LogP contribution is 2.34. The molecule has 1 nitrogen and oxygen atoms in total. The molecule has 0 spiro atoms. The molecule has 0 fully saturated rings. The smallest absolute Gasteiger partial charge is 0.0931 e. The summed E-state index contributed by atoms with van der Waals surface area (Å²) in [6.45, 7) is 4.32. The van der Waals surface area contributed by atoms with E-state index in [1.807, 2.05) is 24.5 Å². The van der Waals surface area contributed by atoms with Crippen molar-refractivity contribution in [2.24, 2.45) is 0 Å². The summed E-state index contributed by atoms with van der Waals surface area (Å²) in [7, 11) is 1.99. The third kappa shape index (κ3) is 2.33. The minimum atomic E-state index is 0.266. The summed E-state index contributed by atoms with van der Waals surface area (Å²) in [6.07, 6.45) is 0. The maximum absolute atomic E-state index is 5.99. The highest BCUT2D eigenvalue weighted by atomic mass is 35.5. The maximum atomic E-state index is 5.99. The lowest BCUT2D eigenvalue weighted by Gasteiger charge is -2.14. The van der Waals surface area contributed by atoms with Crippen molar-refractivity contribution in [1.82, 2.24) is 5.32 Å². The summed E-state index contributed by atoms with van der Waals surface area (Å²) in [5.74, 6) is 0. The largest absolute Gasteiger partial charge is 0.309 e. The number of thiophene rings is 2. The lowest BCUT2D eigenvalue weighted by molar-refractivity contribution is 0.702. The van der Waals surface area contributed by atoms with Crippen LogP contribution < -0.4 is 5.32 Å². The highest BCUT2D eigenvalue weighted by molar-refractivity contribution is 7.16. The van der Waals surface area contributed by atoms with Gasteiger partial charge in [0.1, 0.15) is 0 Å². The van der Waals surface area contributed by atoms with Crippen molar-refractivity contribution < 1.29 is 0 Å². The molecule has 4 heteroatoms. The molecule has 0 aliphatic carbocycles. The first-order valence-electron chi connectivity index (χ1n) is 5.11. The van der Waals surface area contributed by atoms with Gasteiger partial charge in [-0.15, -0.1) is 22.7 Å². The standard InChI is InChI=1S/C12H14ClNS2/c1-7-6-9(8(2)15-7)12(14-3)10-4-5-11(13)16-10/h4-6,12,14H,1-3H3. The molecular weight excluding hydrogens is 258 g/mol. The molecule has 1 N–H and O–H groups in total. The van der Waals surface area contributed by atoms with Crippen LogP contribution in [0.5, 0.6) is 0 Å². The molecule has 0 radical (unpaired) electrons. The van der Waals surface area contributed by atoms with Crippen molar-refractivity contribution in [2.75, 3.05) is 7.05 Å². The van der Waals surface area contributed by atoms with Crippen LogP contribution >= 0.6 is 34.3 Å². The van der Waals surface area contributed by atoms with Crippen LogP contribution in [0.25, 0.3) is 0 Å². The van der Waals surface area contributed by atoms with Crippen molar-refractivity contribution in [3.05, 3.63) is 42.7 Å². The molecule has 86 valence electrons. The first-order chi connectivity index (χ1) is 7.61. The topological polar surface area (TPSA) is 12.0 Å². The van der Waals surface area contributed by atoms with E-state index in [4.69, 9.17) is 11.6 Å². The van der Waals surface area contributed by atoms with Gasteiger partial charge in [-0.05, 0) is 44.7 Å². The van der Waals surface area contributed by atoms with Gasteiger partial charge in [0.05, 0.1) is 10.4 Å². The van der Waals surface area contributed by atoms with Crippen molar-refractivity contribution in [2.45, 2.75) is 19.9 Å². The summed E-state index contributed by atoms with van der Waals surface area (Å²) < 4.78 is 0.847. The van der Waals surface area contributed by atoms with Gasteiger partial charge in [0.25, 0.3) is 0 Å². The lowest BCUT2D eigenvalue weighted by atomic mass is 10.1. The van der Waals surface area contributed by atoms with Crippen LogP contribution in [0.4, 0.5) is 0 Å². The van der Waals surface area contributed by atoms with E-state index in [-0.39, 0.29) is 6.04 Å². The quantitative estimate of drug-likeness (QED) is 0.873. The van der Waals surface area contributed by atoms with Crippen LogP contribution in [0.2, 0.25) is 4.34 Å². The second-order valence-corrected chi connectivity index (χ2v) is 6.94. The Morgan fingerprint density at radius 2 is 2.00 bits per heavy atom. The second kappa shape index (κ2) is 4.88. The molecule has 2 aromatic heterocycles. The molecule has 2 aromatic rings. The van der Waals surface area contributed by atoms with Gasteiger partial charge in [0.2, 0.25) is 0 Å². The number of nitrogens with one attached hydrogen (secondary N) is 1. The van der Waals surface area contributed by atoms with E-state index in [1.54, 1.807) is 11.3 Å². The van der Waals surface area contributed by atoms with Gasteiger partial charge < -0.3 is 5.32 Å². The third-order valence-electron chi connectivity index (χ3n) is 2.56. The molecule has 2 heterocycles. The molecular formula is C12H14ClNS2. The number of hydrogen-bond acceptors (Lipinski definition) is 3.